The SMILES string of the molecule is CC(C)NC(=O)[C@H](C)N(Cc1ccccc1F)C(=O)CN(C)S(=O)(=O)c1ccc2ccccc2c1. The van der Waals surface area contributed by atoms with Crippen LogP contribution < -0.4 is 5.32 Å². The van der Waals surface area contributed by atoms with Gasteiger partial charge in [-0.25, -0.2) is 12.8 Å². The summed E-state index contributed by atoms with van der Waals surface area (Å²) in [5.74, 6) is -1.55. The van der Waals surface area contributed by atoms with Crippen molar-refractivity contribution in [2.75, 3.05) is 13.6 Å². The van der Waals surface area contributed by atoms with Crippen LogP contribution >= 0.6 is 0 Å². The van der Waals surface area contributed by atoms with E-state index in [2.05, 4.69) is 5.32 Å². The van der Waals surface area contributed by atoms with Crippen molar-refractivity contribution in [2.24, 2.45) is 0 Å². The quantitative estimate of drug-likeness (QED) is 0.488. The van der Waals surface area contributed by atoms with Crippen molar-refractivity contribution < 1.29 is 22.4 Å². The maximum atomic E-state index is 14.3. The number of carbonyl (C=O) groups is 2. The minimum atomic E-state index is -3.99. The molecule has 1 atom stereocenters. The van der Waals surface area contributed by atoms with Gasteiger partial charge in [-0.1, -0.05) is 48.5 Å². The summed E-state index contributed by atoms with van der Waals surface area (Å²) in [6.45, 7) is 4.42. The largest absolute Gasteiger partial charge is 0.352 e. The molecule has 0 aliphatic heterocycles. The molecule has 2 amide bonds. The third-order valence-electron chi connectivity index (χ3n) is 5.68. The molecule has 1 N–H and O–H groups in total. The predicted molar refractivity (Wildman–Crippen MR) is 133 cm³/mol. The van der Waals surface area contributed by atoms with Crippen molar-refractivity contribution in [3.8, 4) is 0 Å². The van der Waals surface area contributed by atoms with Crippen LogP contribution in [0.2, 0.25) is 0 Å². The van der Waals surface area contributed by atoms with Crippen molar-refractivity contribution >= 4 is 32.6 Å². The van der Waals surface area contributed by atoms with Crippen molar-refractivity contribution in [2.45, 2.75) is 44.3 Å². The number of sulfonamides is 1. The minimum Gasteiger partial charge on any atom is -0.352 e. The number of fused-ring (bicyclic) bond motifs is 1. The molecule has 7 nitrogen and oxygen atoms in total. The fraction of sp³-hybridized carbons (Fsp3) is 0.308. The number of hydrogen-bond acceptors (Lipinski definition) is 4. The second kappa shape index (κ2) is 11.0. The summed E-state index contributed by atoms with van der Waals surface area (Å²) in [5.41, 5.74) is 0.227. The smallest absolute Gasteiger partial charge is 0.243 e. The third kappa shape index (κ3) is 6.23. The van der Waals surface area contributed by atoms with E-state index >= 15 is 0 Å². The van der Waals surface area contributed by atoms with Crippen molar-refractivity contribution in [3.63, 3.8) is 0 Å². The molecule has 3 aromatic rings. The highest BCUT2D eigenvalue weighted by atomic mass is 32.2. The lowest BCUT2D eigenvalue weighted by Gasteiger charge is -2.31. The topological polar surface area (TPSA) is 86.8 Å². The summed E-state index contributed by atoms with van der Waals surface area (Å²) >= 11 is 0. The number of halogens is 1. The first-order valence-electron chi connectivity index (χ1n) is 11.3. The predicted octanol–water partition coefficient (Wildman–Crippen LogP) is 3.54. The molecule has 0 saturated heterocycles. The lowest BCUT2D eigenvalue weighted by molar-refractivity contribution is -0.140. The van der Waals surface area contributed by atoms with E-state index in [-0.39, 0.29) is 23.0 Å². The summed E-state index contributed by atoms with van der Waals surface area (Å²) in [6, 6.07) is 17.0. The van der Waals surface area contributed by atoms with Gasteiger partial charge in [0.15, 0.2) is 0 Å². The molecule has 0 aliphatic rings. The van der Waals surface area contributed by atoms with Crippen LogP contribution in [0, 0.1) is 5.82 Å². The van der Waals surface area contributed by atoms with Gasteiger partial charge in [0, 0.05) is 25.2 Å². The van der Waals surface area contributed by atoms with E-state index in [1.807, 2.05) is 24.3 Å². The van der Waals surface area contributed by atoms with Crippen LogP contribution in [0.25, 0.3) is 10.8 Å². The molecule has 186 valence electrons. The van der Waals surface area contributed by atoms with E-state index in [0.717, 1.165) is 15.1 Å². The molecule has 0 bridgehead atoms. The number of carbonyl (C=O) groups excluding carboxylic acids is 2. The molecule has 0 unspecified atom stereocenters. The second-order valence-electron chi connectivity index (χ2n) is 8.72. The van der Waals surface area contributed by atoms with Crippen LogP contribution in [0.15, 0.2) is 71.6 Å². The molecule has 9 heteroatoms. The molecule has 0 radical (unpaired) electrons. The van der Waals surface area contributed by atoms with Crippen molar-refractivity contribution in [1.82, 2.24) is 14.5 Å². The van der Waals surface area contributed by atoms with Gasteiger partial charge in [0.2, 0.25) is 21.8 Å². The molecule has 3 aromatic carbocycles. The van der Waals surface area contributed by atoms with E-state index in [1.165, 1.54) is 43.1 Å². The molecular formula is C26H30FN3O4S. The standard InChI is InChI=1S/C26H30FN3O4S/c1-18(2)28-26(32)19(3)30(16-22-11-7-8-12-24(22)27)25(31)17-29(4)35(33,34)23-14-13-20-9-5-6-10-21(20)15-23/h5-15,18-19H,16-17H2,1-4H3,(H,28,32)/t19-/m0/s1. The number of likely N-dealkylation sites (N-methyl/N-ethyl adjacent to an activating group) is 1. The highest BCUT2D eigenvalue weighted by molar-refractivity contribution is 7.89. The number of amides is 2. The Morgan fingerprint density at radius 1 is 0.943 bits per heavy atom. The fourth-order valence-corrected chi connectivity index (χ4v) is 4.83. The van der Waals surface area contributed by atoms with Crippen LogP contribution in [-0.2, 0) is 26.2 Å². The van der Waals surface area contributed by atoms with E-state index in [9.17, 15) is 22.4 Å². The second-order valence-corrected chi connectivity index (χ2v) is 10.8. The van der Waals surface area contributed by atoms with Crippen LogP contribution in [0.4, 0.5) is 4.39 Å². The molecule has 0 fully saturated rings. The molecule has 0 aromatic heterocycles. The van der Waals surface area contributed by atoms with Crippen molar-refractivity contribution in [3.05, 3.63) is 78.1 Å². The van der Waals surface area contributed by atoms with Gasteiger partial charge in [-0.05, 0) is 49.7 Å². The van der Waals surface area contributed by atoms with Gasteiger partial charge in [0.05, 0.1) is 11.4 Å². The molecule has 35 heavy (non-hydrogen) atoms. The van der Waals surface area contributed by atoms with Crippen LogP contribution in [0.3, 0.4) is 0 Å². The Morgan fingerprint density at radius 2 is 1.57 bits per heavy atom. The molecule has 0 heterocycles. The van der Waals surface area contributed by atoms with Gasteiger partial charge >= 0.3 is 0 Å². The first-order valence-corrected chi connectivity index (χ1v) is 12.7. The maximum Gasteiger partial charge on any atom is 0.243 e. The molecule has 0 spiro atoms. The van der Waals surface area contributed by atoms with Crippen molar-refractivity contribution in [1.29, 1.82) is 0 Å². The van der Waals surface area contributed by atoms with Gasteiger partial charge in [0.25, 0.3) is 0 Å². The zero-order valence-corrected chi connectivity index (χ0v) is 21.0. The Bertz CT molecular complexity index is 1330. The molecule has 3 rings (SSSR count). The monoisotopic (exact) mass is 499 g/mol. The molecule has 0 saturated carbocycles. The highest BCUT2D eigenvalue weighted by Gasteiger charge is 2.31. The Kier molecular flexibility index (Phi) is 8.24. The number of benzene rings is 3. The molecular weight excluding hydrogens is 469 g/mol. The highest BCUT2D eigenvalue weighted by Crippen LogP contribution is 2.22. The van der Waals surface area contributed by atoms with Gasteiger partial charge < -0.3 is 10.2 Å². The van der Waals surface area contributed by atoms with Crippen LogP contribution in [-0.4, -0.2) is 55.1 Å². The van der Waals surface area contributed by atoms with Gasteiger partial charge in [-0.2, -0.15) is 4.31 Å². The lowest BCUT2D eigenvalue weighted by atomic mass is 10.1. The van der Waals surface area contributed by atoms with Crippen LogP contribution in [0.5, 0.6) is 0 Å². The van der Waals surface area contributed by atoms with E-state index < -0.39 is 40.2 Å². The average molecular weight is 500 g/mol. The van der Waals surface area contributed by atoms with Gasteiger partial charge in [0.1, 0.15) is 11.9 Å². The zero-order chi connectivity index (χ0) is 25.8. The summed E-state index contributed by atoms with van der Waals surface area (Å²) in [4.78, 5) is 27.2. The number of nitrogens with zero attached hydrogens (tertiary/aromatic N) is 2. The van der Waals surface area contributed by atoms with Gasteiger partial charge in [-0.15, -0.1) is 0 Å². The summed E-state index contributed by atoms with van der Waals surface area (Å²) in [7, 11) is -2.69. The van der Waals surface area contributed by atoms with Gasteiger partial charge in [-0.3, -0.25) is 9.59 Å². The summed E-state index contributed by atoms with van der Waals surface area (Å²) in [5, 5.41) is 4.40. The maximum absolute atomic E-state index is 14.3. The summed E-state index contributed by atoms with van der Waals surface area (Å²) < 4.78 is 41.7. The molecule has 0 aliphatic carbocycles. The Labute approximate surface area is 205 Å². The van der Waals surface area contributed by atoms with E-state index in [1.54, 1.807) is 32.0 Å². The van der Waals surface area contributed by atoms with E-state index in [0.29, 0.717) is 0 Å². The average Bonchev–Trinajstić information content (AvgIpc) is 2.82. The summed E-state index contributed by atoms with van der Waals surface area (Å²) in [6.07, 6.45) is 0. The first kappa shape index (κ1) is 26.3. The Morgan fingerprint density at radius 3 is 2.23 bits per heavy atom. The third-order valence-corrected chi connectivity index (χ3v) is 7.48. The van der Waals surface area contributed by atoms with Crippen LogP contribution in [0.1, 0.15) is 26.3 Å². The number of hydrogen-bond donors (Lipinski definition) is 1. The Hall–Kier alpha value is -3.30. The normalized spacial score (nSPS) is 12.7. The zero-order valence-electron chi connectivity index (χ0n) is 20.2. The lowest BCUT2D eigenvalue weighted by Crippen LogP contribution is -2.51. The number of rotatable bonds is 9. The Balaban J connectivity index is 1.86. The fourth-order valence-electron chi connectivity index (χ4n) is 3.67. The van der Waals surface area contributed by atoms with E-state index in [4.69, 9.17) is 0 Å². The minimum absolute atomic E-state index is 0.0535. The first-order chi connectivity index (χ1) is 16.5. The number of nitrogens with one attached hydrogen (secondary N) is 1.